The van der Waals surface area contributed by atoms with E-state index in [9.17, 15) is 9.59 Å². The van der Waals surface area contributed by atoms with Crippen LogP contribution in [0.1, 0.15) is 22.8 Å². The van der Waals surface area contributed by atoms with Crippen LogP contribution in [0.3, 0.4) is 0 Å². The lowest BCUT2D eigenvalue weighted by molar-refractivity contribution is -0.115. The van der Waals surface area contributed by atoms with Crippen LogP contribution in [-0.2, 0) is 16.0 Å². The number of methoxy groups -OCH3 is 2. The standard InChI is InChI=1S/C23H23NO5S/c1-4-29-23(26)21-17(16-10-11-18(27-2)19(13-16)28-3)14-30-22(21)24-20(25)12-15-8-6-5-7-9-15/h5-11,13-14H,4,12H2,1-3H3,(H,24,25). The van der Waals surface area contributed by atoms with E-state index in [1.165, 1.54) is 11.3 Å². The summed E-state index contributed by atoms with van der Waals surface area (Å²) in [4.78, 5) is 25.3. The lowest BCUT2D eigenvalue weighted by Crippen LogP contribution is -2.16. The van der Waals surface area contributed by atoms with Crippen molar-refractivity contribution in [3.05, 3.63) is 65.0 Å². The van der Waals surface area contributed by atoms with Crippen molar-refractivity contribution >= 4 is 28.2 Å². The van der Waals surface area contributed by atoms with Crippen LogP contribution < -0.4 is 14.8 Å². The van der Waals surface area contributed by atoms with Crippen molar-refractivity contribution in [1.82, 2.24) is 0 Å². The highest BCUT2D eigenvalue weighted by molar-refractivity contribution is 7.15. The molecule has 1 heterocycles. The van der Waals surface area contributed by atoms with Gasteiger partial charge in [0.25, 0.3) is 0 Å². The van der Waals surface area contributed by atoms with Crippen molar-refractivity contribution in [3.63, 3.8) is 0 Å². The number of carbonyl (C=O) groups excluding carboxylic acids is 2. The van der Waals surface area contributed by atoms with Gasteiger partial charge in [0.1, 0.15) is 10.6 Å². The van der Waals surface area contributed by atoms with Gasteiger partial charge in [-0.05, 0) is 30.2 Å². The second-order valence-corrected chi connectivity index (χ2v) is 7.23. The number of benzene rings is 2. The SMILES string of the molecule is CCOC(=O)c1c(-c2ccc(OC)c(OC)c2)csc1NC(=O)Cc1ccccc1. The van der Waals surface area contributed by atoms with E-state index >= 15 is 0 Å². The molecule has 0 saturated heterocycles. The summed E-state index contributed by atoms with van der Waals surface area (Å²) in [6.07, 6.45) is 0.215. The lowest BCUT2D eigenvalue weighted by Gasteiger charge is -2.11. The maximum absolute atomic E-state index is 12.7. The molecule has 0 aliphatic rings. The zero-order valence-electron chi connectivity index (χ0n) is 17.1. The van der Waals surface area contributed by atoms with Crippen molar-refractivity contribution in [2.45, 2.75) is 13.3 Å². The highest BCUT2D eigenvalue weighted by Gasteiger charge is 2.23. The number of thiophene rings is 1. The molecule has 1 aromatic heterocycles. The Labute approximate surface area is 179 Å². The third-order valence-corrected chi connectivity index (χ3v) is 5.32. The fourth-order valence-corrected chi connectivity index (χ4v) is 4.00. The summed E-state index contributed by atoms with van der Waals surface area (Å²) in [5, 5.41) is 5.15. The Morgan fingerprint density at radius 3 is 2.40 bits per heavy atom. The van der Waals surface area contributed by atoms with Gasteiger partial charge in [-0.25, -0.2) is 4.79 Å². The monoisotopic (exact) mass is 425 g/mol. The quantitative estimate of drug-likeness (QED) is 0.525. The molecule has 0 bridgehead atoms. The maximum atomic E-state index is 12.7. The molecule has 0 radical (unpaired) electrons. The first-order valence-electron chi connectivity index (χ1n) is 9.42. The Bertz CT molecular complexity index is 1030. The number of amides is 1. The Morgan fingerprint density at radius 2 is 1.73 bits per heavy atom. The molecule has 0 fully saturated rings. The molecule has 0 saturated carbocycles. The lowest BCUT2D eigenvalue weighted by atomic mass is 10.0. The first-order valence-corrected chi connectivity index (χ1v) is 10.3. The minimum atomic E-state index is -0.487. The van der Waals surface area contributed by atoms with Gasteiger partial charge in [0.2, 0.25) is 5.91 Å². The topological polar surface area (TPSA) is 73.9 Å². The molecule has 0 spiro atoms. The van der Waals surface area contributed by atoms with E-state index in [1.807, 2.05) is 41.8 Å². The van der Waals surface area contributed by atoms with Gasteiger partial charge in [-0.3, -0.25) is 4.79 Å². The summed E-state index contributed by atoms with van der Waals surface area (Å²) in [5.74, 6) is 0.447. The van der Waals surface area contributed by atoms with E-state index < -0.39 is 5.97 Å². The van der Waals surface area contributed by atoms with Gasteiger partial charge in [0.15, 0.2) is 11.5 Å². The molecule has 0 aliphatic carbocycles. The Morgan fingerprint density at radius 1 is 1.00 bits per heavy atom. The van der Waals surface area contributed by atoms with Gasteiger partial charge in [-0.15, -0.1) is 11.3 Å². The van der Waals surface area contributed by atoms with Gasteiger partial charge in [0.05, 0.1) is 27.2 Å². The van der Waals surface area contributed by atoms with Gasteiger partial charge >= 0.3 is 5.97 Å². The maximum Gasteiger partial charge on any atom is 0.341 e. The van der Waals surface area contributed by atoms with Crippen LogP contribution in [0.2, 0.25) is 0 Å². The molecule has 6 nitrogen and oxygen atoms in total. The largest absolute Gasteiger partial charge is 0.493 e. The molecule has 0 aliphatic heterocycles. The average molecular weight is 426 g/mol. The van der Waals surface area contributed by atoms with Gasteiger partial charge in [-0.1, -0.05) is 36.4 Å². The fraction of sp³-hybridized carbons (Fsp3) is 0.217. The zero-order valence-corrected chi connectivity index (χ0v) is 17.9. The minimum Gasteiger partial charge on any atom is -0.493 e. The predicted molar refractivity (Wildman–Crippen MR) is 118 cm³/mol. The number of anilines is 1. The second-order valence-electron chi connectivity index (χ2n) is 6.35. The van der Waals surface area contributed by atoms with E-state index in [-0.39, 0.29) is 18.9 Å². The minimum absolute atomic E-state index is 0.201. The third kappa shape index (κ3) is 4.80. The first-order chi connectivity index (χ1) is 14.6. The second kappa shape index (κ2) is 9.93. The number of rotatable bonds is 8. The number of hydrogen-bond donors (Lipinski definition) is 1. The number of hydrogen-bond acceptors (Lipinski definition) is 6. The molecule has 7 heteroatoms. The van der Waals surface area contributed by atoms with Crippen molar-refractivity contribution in [2.24, 2.45) is 0 Å². The molecular weight excluding hydrogens is 402 g/mol. The van der Waals surface area contributed by atoms with Crippen LogP contribution in [0.5, 0.6) is 11.5 Å². The number of carbonyl (C=O) groups is 2. The zero-order chi connectivity index (χ0) is 21.5. The van der Waals surface area contributed by atoms with Crippen LogP contribution in [-0.4, -0.2) is 32.7 Å². The first kappa shape index (κ1) is 21.4. The van der Waals surface area contributed by atoms with Gasteiger partial charge in [-0.2, -0.15) is 0 Å². The molecule has 156 valence electrons. The Hall–Kier alpha value is -3.32. The average Bonchev–Trinajstić information content (AvgIpc) is 3.17. The number of ether oxygens (including phenoxy) is 3. The molecular formula is C23H23NO5S. The summed E-state index contributed by atoms with van der Waals surface area (Å²) in [6, 6.07) is 14.8. The molecule has 0 atom stereocenters. The van der Waals surface area contributed by atoms with E-state index in [0.29, 0.717) is 27.6 Å². The van der Waals surface area contributed by atoms with Crippen molar-refractivity contribution < 1.29 is 23.8 Å². The van der Waals surface area contributed by atoms with Crippen molar-refractivity contribution in [2.75, 3.05) is 26.1 Å². The summed E-state index contributed by atoms with van der Waals surface area (Å²) < 4.78 is 15.9. The van der Waals surface area contributed by atoms with Crippen LogP contribution in [0.25, 0.3) is 11.1 Å². The Kier molecular flexibility index (Phi) is 7.08. The van der Waals surface area contributed by atoms with Crippen LogP contribution in [0, 0.1) is 0 Å². The summed E-state index contributed by atoms with van der Waals surface area (Å²) in [6.45, 7) is 1.98. The van der Waals surface area contributed by atoms with Gasteiger partial charge in [0, 0.05) is 10.9 Å². The molecule has 3 aromatic rings. The normalized spacial score (nSPS) is 10.4. The molecule has 0 unspecified atom stereocenters. The van der Waals surface area contributed by atoms with Crippen LogP contribution in [0.4, 0.5) is 5.00 Å². The molecule has 3 rings (SSSR count). The van der Waals surface area contributed by atoms with E-state index in [0.717, 1.165) is 11.1 Å². The number of nitrogens with one attached hydrogen (secondary N) is 1. The van der Waals surface area contributed by atoms with Crippen LogP contribution >= 0.6 is 11.3 Å². The van der Waals surface area contributed by atoms with Crippen molar-refractivity contribution in [1.29, 1.82) is 0 Å². The Balaban J connectivity index is 1.94. The van der Waals surface area contributed by atoms with E-state index in [4.69, 9.17) is 14.2 Å². The van der Waals surface area contributed by atoms with E-state index in [1.54, 1.807) is 33.3 Å². The number of esters is 1. The predicted octanol–water partition coefficient (Wildman–Crippen LogP) is 4.79. The molecule has 30 heavy (non-hydrogen) atoms. The van der Waals surface area contributed by atoms with E-state index in [2.05, 4.69) is 5.32 Å². The summed E-state index contributed by atoms with van der Waals surface area (Å²) in [5.41, 5.74) is 2.64. The highest BCUT2D eigenvalue weighted by atomic mass is 32.1. The molecule has 1 N–H and O–H groups in total. The molecule has 1 amide bonds. The smallest absolute Gasteiger partial charge is 0.341 e. The van der Waals surface area contributed by atoms with Crippen LogP contribution in [0.15, 0.2) is 53.9 Å². The highest BCUT2D eigenvalue weighted by Crippen LogP contribution is 2.39. The van der Waals surface area contributed by atoms with Gasteiger partial charge < -0.3 is 19.5 Å². The summed E-state index contributed by atoms with van der Waals surface area (Å²) >= 11 is 1.28. The summed E-state index contributed by atoms with van der Waals surface area (Å²) in [7, 11) is 3.11. The van der Waals surface area contributed by atoms with Crippen molar-refractivity contribution in [3.8, 4) is 22.6 Å². The molecule has 2 aromatic carbocycles. The fourth-order valence-electron chi connectivity index (χ4n) is 3.02. The third-order valence-electron chi connectivity index (χ3n) is 4.43.